The highest BCUT2D eigenvalue weighted by atomic mass is 35.5. The fourth-order valence-corrected chi connectivity index (χ4v) is 2.41. The van der Waals surface area contributed by atoms with Gasteiger partial charge < -0.3 is 10.6 Å². The van der Waals surface area contributed by atoms with Gasteiger partial charge in [-0.15, -0.1) is 0 Å². The molecule has 3 aromatic rings. The summed E-state index contributed by atoms with van der Waals surface area (Å²) in [6.07, 6.45) is 0. The molecule has 7 heteroatoms. The quantitative estimate of drug-likeness (QED) is 0.695. The first kappa shape index (κ1) is 16.7. The van der Waals surface area contributed by atoms with Crippen LogP contribution in [0.2, 0.25) is 5.02 Å². The van der Waals surface area contributed by atoms with Gasteiger partial charge in [0.15, 0.2) is 0 Å². The largest absolute Gasteiger partial charge is 0.340 e. The van der Waals surface area contributed by atoms with Crippen molar-refractivity contribution in [3.63, 3.8) is 0 Å². The Morgan fingerprint density at radius 1 is 1.00 bits per heavy atom. The van der Waals surface area contributed by atoms with E-state index in [0.717, 1.165) is 5.69 Å². The lowest BCUT2D eigenvalue weighted by Crippen LogP contribution is -2.01. The first-order valence-corrected chi connectivity index (χ1v) is 7.76. The van der Waals surface area contributed by atoms with Gasteiger partial charge in [-0.25, -0.2) is 14.4 Å². The predicted molar refractivity (Wildman–Crippen MR) is 95.9 cm³/mol. The molecule has 2 aromatic carbocycles. The first-order valence-electron chi connectivity index (χ1n) is 7.38. The number of benzene rings is 2. The minimum absolute atomic E-state index is 0.0300. The van der Waals surface area contributed by atoms with Gasteiger partial charge in [-0.2, -0.15) is 5.26 Å². The van der Waals surface area contributed by atoms with Crippen LogP contribution in [-0.2, 0) is 0 Å². The topological polar surface area (TPSA) is 73.6 Å². The molecule has 0 amide bonds. The van der Waals surface area contributed by atoms with Gasteiger partial charge in [0, 0.05) is 17.4 Å². The van der Waals surface area contributed by atoms with E-state index in [-0.39, 0.29) is 5.02 Å². The van der Waals surface area contributed by atoms with Crippen molar-refractivity contribution < 1.29 is 4.39 Å². The molecule has 0 saturated carbocycles. The Hall–Kier alpha value is -3.17. The summed E-state index contributed by atoms with van der Waals surface area (Å²) in [6, 6.07) is 15.2. The molecule has 0 aliphatic carbocycles. The van der Waals surface area contributed by atoms with E-state index in [9.17, 15) is 4.39 Å². The van der Waals surface area contributed by atoms with Crippen molar-refractivity contribution >= 4 is 34.6 Å². The Morgan fingerprint density at radius 3 is 2.32 bits per heavy atom. The Kier molecular flexibility index (Phi) is 4.78. The second-order valence-electron chi connectivity index (χ2n) is 5.26. The van der Waals surface area contributed by atoms with Gasteiger partial charge in [-0.05, 0) is 43.3 Å². The number of anilines is 4. The zero-order valence-corrected chi connectivity index (χ0v) is 14.0. The third-order valence-electron chi connectivity index (χ3n) is 3.29. The molecule has 0 aliphatic heterocycles. The smallest absolute Gasteiger partial charge is 0.141 e. The third-order valence-corrected chi connectivity index (χ3v) is 3.58. The summed E-state index contributed by atoms with van der Waals surface area (Å²) >= 11 is 5.79. The van der Waals surface area contributed by atoms with Crippen LogP contribution in [0.5, 0.6) is 0 Å². The van der Waals surface area contributed by atoms with Gasteiger partial charge in [-0.1, -0.05) is 17.7 Å². The maximum absolute atomic E-state index is 13.3. The zero-order valence-electron chi connectivity index (χ0n) is 13.2. The standard InChI is InChI=1S/C18H13ClFN5/c1-11-22-17(24-13-4-2-3-12(7-13)10-21)9-18(23-11)25-14-5-6-16(20)15(19)8-14/h2-9H,1H3,(H2,22,23,24,25). The summed E-state index contributed by atoms with van der Waals surface area (Å²) in [5.74, 6) is 1.18. The molecular formula is C18H13ClFN5. The predicted octanol–water partition coefficient (Wildman–Crippen LogP) is 4.94. The molecule has 1 heterocycles. The number of nitrogens with one attached hydrogen (secondary N) is 2. The second kappa shape index (κ2) is 7.16. The van der Waals surface area contributed by atoms with Crippen LogP contribution in [0.15, 0.2) is 48.5 Å². The van der Waals surface area contributed by atoms with Gasteiger partial charge in [0.2, 0.25) is 0 Å². The van der Waals surface area contributed by atoms with Crippen LogP contribution in [0.1, 0.15) is 11.4 Å². The average Bonchev–Trinajstić information content (AvgIpc) is 2.58. The van der Waals surface area contributed by atoms with Gasteiger partial charge in [0.25, 0.3) is 0 Å². The monoisotopic (exact) mass is 353 g/mol. The molecule has 0 atom stereocenters. The van der Waals surface area contributed by atoms with Crippen molar-refractivity contribution in [1.82, 2.24) is 9.97 Å². The summed E-state index contributed by atoms with van der Waals surface area (Å²) in [7, 11) is 0. The molecule has 0 fully saturated rings. The Labute approximate surface area is 149 Å². The minimum Gasteiger partial charge on any atom is -0.340 e. The molecule has 2 N–H and O–H groups in total. The van der Waals surface area contributed by atoms with E-state index in [4.69, 9.17) is 16.9 Å². The van der Waals surface area contributed by atoms with E-state index in [1.165, 1.54) is 12.1 Å². The molecule has 0 saturated heterocycles. The number of rotatable bonds is 4. The number of hydrogen-bond donors (Lipinski definition) is 2. The molecule has 0 radical (unpaired) electrons. The number of nitriles is 1. The zero-order chi connectivity index (χ0) is 17.8. The van der Waals surface area contributed by atoms with Crippen LogP contribution >= 0.6 is 11.6 Å². The van der Waals surface area contributed by atoms with Crippen molar-refractivity contribution in [2.24, 2.45) is 0 Å². The lowest BCUT2D eigenvalue weighted by atomic mass is 10.2. The van der Waals surface area contributed by atoms with Crippen molar-refractivity contribution in [3.8, 4) is 6.07 Å². The molecule has 1 aromatic heterocycles. The highest BCUT2D eigenvalue weighted by molar-refractivity contribution is 6.31. The van der Waals surface area contributed by atoms with Crippen LogP contribution in [0, 0.1) is 24.1 Å². The van der Waals surface area contributed by atoms with Crippen LogP contribution in [0.3, 0.4) is 0 Å². The molecule has 0 aliphatic rings. The molecule has 3 rings (SSSR count). The Balaban J connectivity index is 1.84. The van der Waals surface area contributed by atoms with E-state index in [2.05, 4.69) is 26.7 Å². The summed E-state index contributed by atoms with van der Waals surface area (Å²) in [4.78, 5) is 8.63. The molecule has 0 spiro atoms. The number of nitrogens with zero attached hydrogens (tertiary/aromatic N) is 3. The van der Waals surface area contributed by atoms with E-state index >= 15 is 0 Å². The minimum atomic E-state index is -0.481. The molecule has 5 nitrogen and oxygen atoms in total. The van der Waals surface area contributed by atoms with E-state index in [1.807, 2.05) is 6.07 Å². The van der Waals surface area contributed by atoms with Gasteiger partial charge >= 0.3 is 0 Å². The molecule has 0 bridgehead atoms. The molecular weight excluding hydrogens is 341 g/mol. The lowest BCUT2D eigenvalue weighted by molar-refractivity contribution is 0.628. The first-order chi connectivity index (χ1) is 12.0. The SMILES string of the molecule is Cc1nc(Nc2cccc(C#N)c2)cc(Nc2ccc(F)c(Cl)c2)n1. The molecule has 25 heavy (non-hydrogen) atoms. The maximum Gasteiger partial charge on any atom is 0.141 e. The van der Waals surface area contributed by atoms with E-state index < -0.39 is 5.82 Å². The van der Waals surface area contributed by atoms with E-state index in [1.54, 1.807) is 37.3 Å². The average molecular weight is 354 g/mol. The lowest BCUT2D eigenvalue weighted by Gasteiger charge is -2.11. The van der Waals surface area contributed by atoms with Crippen LogP contribution in [0.4, 0.5) is 27.4 Å². The maximum atomic E-state index is 13.3. The van der Waals surface area contributed by atoms with Crippen molar-refractivity contribution in [2.75, 3.05) is 10.6 Å². The highest BCUT2D eigenvalue weighted by Crippen LogP contribution is 2.24. The Bertz CT molecular complexity index is 968. The highest BCUT2D eigenvalue weighted by Gasteiger charge is 2.06. The third kappa shape index (κ3) is 4.22. The van der Waals surface area contributed by atoms with Crippen molar-refractivity contribution in [1.29, 1.82) is 5.26 Å². The number of hydrogen-bond acceptors (Lipinski definition) is 5. The Morgan fingerprint density at radius 2 is 1.68 bits per heavy atom. The summed E-state index contributed by atoms with van der Waals surface area (Å²) in [6.45, 7) is 1.76. The van der Waals surface area contributed by atoms with Crippen LogP contribution in [0.25, 0.3) is 0 Å². The molecule has 124 valence electrons. The van der Waals surface area contributed by atoms with E-state index in [0.29, 0.717) is 28.7 Å². The molecule has 0 unspecified atom stereocenters. The normalized spacial score (nSPS) is 10.2. The summed E-state index contributed by atoms with van der Waals surface area (Å²) < 4.78 is 13.3. The fourth-order valence-electron chi connectivity index (χ4n) is 2.23. The second-order valence-corrected chi connectivity index (χ2v) is 5.66. The summed E-state index contributed by atoms with van der Waals surface area (Å²) in [5, 5.41) is 15.2. The number of aryl methyl sites for hydroxylation is 1. The van der Waals surface area contributed by atoms with Gasteiger partial charge in [0.05, 0.1) is 16.7 Å². The van der Waals surface area contributed by atoms with Gasteiger partial charge in [-0.3, -0.25) is 0 Å². The van der Waals surface area contributed by atoms with Crippen molar-refractivity contribution in [2.45, 2.75) is 6.92 Å². The number of halogens is 2. The summed E-state index contributed by atoms with van der Waals surface area (Å²) in [5.41, 5.74) is 1.91. The van der Waals surface area contributed by atoms with Crippen LogP contribution < -0.4 is 10.6 Å². The van der Waals surface area contributed by atoms with Gasteiger partial charge in [0.1, 0.15) is 23.3 Å². The van der Waals surface area contributed by atoms with Crippen molar-refractivity contribution in [3.05, 3.63) is 70.8 Å². The van der Waals surface area contributed by atoms with Crippen LogP contribution in [-0.4, -0.2) is 9.97 Å². The number of aromatic nitrogens is 2. The fraction of sp³-hybridized carbons (Fsp3) is 0.0556.